The van der Waals surface area contributed by atoms with E-state index in [1.54, 1.807) is 4.52 Å². The Morgan fingerprint density at radius 3 is 2.52 bits per heavy atom. The summed E-state index contributed by atoms with van der Waals surface area (Å²) in [6.07, 6.45) is 8.20. The van der Waals surface area contributed by atoms with Crippen molar-refractivity contribution in [1.82, 2.24) is 14.3 Å². The molecule has 2 aromatic rings. The highest BCUT2D eigenvalue weighted by Crippen LogP contribution is 2.41. The number of thioether (sulfide) groups is 1. The molecular weight excluding hydrogens is 466 g/mol. The van der Waals surface area contributed by atoms with Gasteiger partial charge in [0, 0.05) is 23.4 Å². The van der Waals surface area contributed by atoms with Crippen molar-refractivity contribution in [3.8, 4) is 12.3 Å². The fraction of sp³-hybridized carbons (Fsp3) is 0.500. The summed E-state index contributed by atoms with van der Waals surface area (Å²) in [4.78, 5) is 3.19. The van der Waals surface area contributed by atoms with E-state index in [0.717, 1.165) is 62.7 Å². The van der Waals surface area contributed by atoms with Crippen molar-refractivity contribution in [3.05, 3.63) is 23.9 Å². The number of piperidine rings is 1. The SMILES string of the molecule is C#CC1(NSc2cc(N3CCC4(CC3)COC4)n3ncc(C(=N)SC(=N)C(F)F)c3c2)CC1. The first kappa shape index (κ1) is 22.7. The van der Waals surface area contributed by atoms with Crippen LogP contribution in [0.4, 0.5) is 14.6 Å². The van der Waals surface area contributed by atoms with Gasteiger partial charge in [-0.25, -0.2) is 18.0 Å². The number of terminal acetylenes is 1. The number of hydrogen-bond donors (Lipinski definition) is 3. The lowest BCUT2D eigenvalue weighted by Gasteiger charge is -2.47. The number of alkyl halides is 2. The fourth-order valence-electron chi connectivity index (χ4n) is 4.16. The van der Waals surface area contributed by atoms with E-state index >= 15 is 0 Å². The molecule has 1 spiro atoms. The van der Waals surface area contributed by atoms with E-state index in [4.69, 9.17) is 22.0 Å². The topological polar surface area (TPSA) is 89.5 Å². The van der Waals surface area contributed by atoms with Crippen LogP contribution in [0.2, 0.25) is 0 Å². The molecule has 1 saturated carbocycles. The third-order valence-corrected chi connectivity index (χ3v) is 8.37. The molecule has 2 saturated heterocycles. The highest BCUT2D eigenvalue weighted by Gasteiger charge is 2.42. The second kappa shape index (κ2) is 8.58. The van der Waals surface area contributed by atoms with Gasteiger partial charge in [-0.15, -0.1) is 6.42 Å². The van der Waals surface area contributed by atoms with Crippen LogP contribution in [0.25, 0.3) is 5.52 Å². The molecule has 33 heavy (non-hydrogen) atoms. The highest BCUT2D eigenvalue weighted by molar-refractivity contribution is 8.26. The Bertz CT molecular complexity index is 1140. The Morgan fingerprint density at radius 2 is 1.94 bits per heavy atom. The van der Waals surface area contributed by atoms with Crippen molar-refractivity contribution in [2.75, 3.05) is 31.2 Å². The minimum absolute atomic E-state index is 0.122. The van der Waals surface area contributed by atoms with Gasteiger partial charge in [-0.2, -0.15) is 5.10 Å². The first-order chi connectivity index (χ1) is 15.8. The molecule has 3 N–H and O–H groups in total. The van der Waals surface area contributed by atoms with E-state index in [1.165, 1.54) is 18.1 Å². The molecule has 5 rings (SSSR count). The van der Waals surface area contributed by atoms with Gasteiger partial charge in [-0.3, -0.25) is 10.8 Å². The van der Waals surface area contributed by atoms with E-state index < -0.39 is 11.5 Å². The number of halogens is 2. The predicted molar refractivity (Wildman–Crippen MR) is 128 cm³/mol. The van der Waals surface area contributed by atoms with E-state index in [9.17, 15) is 8.78 Å². The number of aromatic nitrogens is 2. The summed E-state index contributed by atoms with van der Waals surface area (Å²) in [5, 5.41) is 19.3. The second-order valence-corrected chi connectivity index (χ2v) is 10.8. The Hall–Kier alpha value is -2.13. The second-order valence-electron chi connectivity index (χ2n) is 8.91. The maximum Gasteiger partial charge on any atom is 0.285 e. The number of anilines is 1. The van der Waals surface area contributed by atoms with Gasteiger partial charge in [0.05, 0.1) is 36.0 Å². The molecule has 0 atom stereocenters. The van der Waals surface area contributed by atoms with Gasteiger partial charge in [0.2, 0.25) is 0 Å². The van der Waals surface area contributed by atoms with Crippen LogP contribution in [0, 0.1) is 28.6 Å². The minimum Gasteiger partial charge on any atom is -0.380 e. The summed E-state index contributed by atoms with van der Waals surface area (Å²) in [7, 11) is 0. The summed E-state index contributed by atoms with van der Waals surface area (Å²) < 4.78 is 36.3. The largest absolute Gasteiger partial charge is 0.380 e. The molecule has 3 aliphatic rings. The molecule has 0 unspecified atom stereocenters. The molecule has 7 nitrogen and oxygen atoms in total. The zero-order chi connectivity index (χ0) is 23.2. The Kier molecular flexibility index (Phi) is 5.89. The van der Waals surface area contributed by atoms with Crippen molar-refractivity contribution in [3.63, 3.8) is 0 Å². The van der Waals surface area contributed by atoms with E-state index in [-0.39, 0.29) is 10.6 Å². The highest BCUT2D eigenvalue weighted by atomic mass is 32.2. The maximum absolute atomic E-state index is 12.9. The number of hydrogen-bond acceptors (Lipinski definition) is 8. The number of fused-ring (bicyclic) bond motifs is 1. The van der Waals surface area contributed by atoms with Crippen LogP contribution < -0.4 is 9.62 Å². The fourth-order valence-corrected chi connectivity index (χ4v) is 5.65. The molecule has 1 aliphatic carbocycles. The summed E-state index contributed by atoms with van der Waals surface area (Å²) >= 11 is 1.90. The average Bonchev–Trinajstić information content (AvgIpc) is 3.45. The van der Waals surface area contributed by atoms with E-state index in [1.807, 2.05) is 6.07 Å². The van der Waals surface area contributed by atoms with Gasteiger partial charge < -0.3 is 9.64 Å². The van der Waals surface area contributed by atoms with Gasteiger partial charge in [-0.05, 0) is 61.5 Å². The molecule has 174 valence electrons. The first-order valence-electron chi connectivity index (χ1n) is 10.7. The summed E-state index contributed by atoms with van der Waals surface area (Å²) in [6, 6.07) is 3.95. The Morgan fingerprint density at radius 1 is 1.21 bits per heavy atom. The predicted octanol–water partition coefficient (Wildman–Crippen LogP) is 4.01. The van der Waals surface area contributed by atoms with Crippen LogP contribution >= 0.6 is 23.7 Å². The Labute approximate surface area is 199 Å². The third kappa shape index (κ3) is 4.37. The number of pyridine rings is 1. The lowest BCUT2D eigenvalue weighted by Crippen LogP contribution is -2.51. The molecule has 0 bridgehead atoms. The average molecular weight is 491 g/mol. The van der Waals surface area contributed by atoms with Crippen LogP contribution in [0.15, 0.2) is 23.2 Å². The standard InChI is InChI=1S/C22H24F2N6OS2/c1-2-22(3-4-22)28-33-14-9-16-15(19(25)32-20(26)18(23)24)11-27-30(16)17(10-14)29-7-5-21(6-8-29)12-31-13-21/h1,9-11,18,25-26,28H,3-8,12-13H2. The molecule has 0 aromatic carbocycles. The van der Waals surface area contributed by atoms with Gasteiger partial charge in [-0.1, -0.05) is 5.92 Å². The minimum atomic E-state index is -2.90. The van der Waals surface area contributed by atoms with Crippen LogP contribution in [-0.4, -0.2) is 58.0 Å². The lowest BCUT2D eigenvalue weighted by molar-refractivity contribution is -0.124. The van der Waals surface area contributed by atoms with E-state index in [0.29, 0.717) is 28.3 Å². The lowest BCUT2D eigenvalue weighted by atomic mass is 9.77. The quantitative estimate of drug-likeness (QED) is 0.245. The molecule has 4 heterocycles. The monoisotopic (exact) mass is 490 g/mol. The third-order valence-electron chi connectivity index (χ3n) is 6.58. The molecular formula is C22H24F2N6OS2. The van der Waals surface area contributed by atoms with Crippen molar-refractivity contribution < 1.29 is 13.5 Å². The van der Waals surface area contributed by atoms with Crippen LogP contribution in [0.3, 0.4) is 0 Å². The maximum atomic E-state index is 12.9. The zero-order valence-corrected chi connectivity index (χ0v) is 19.5. The van der Waals surface area contributed by atoms with Crippen LogP contribution in [0.1, 0.15) is 31.2 Å². The number of rotatable bonds is 6. The number of nitrogens with one attached hydrogen (secondary N) is 3. The van der Waals surface area contributed by atoms with Crippen molar-refractivity contribution >= 4 is 45.1 Å². The summed E-state index contributed by atoms with van der Waals surface area (Å²) in [6.45, 7) is 3.37. The van der Waals surface area contributed by atoms with E-state index in [2.05, 4.69) is 26.7 Å². The molecule has 11 heteroatoms. The van der Waals surface area contributed by atoms with Gasteiger partial charge in [0.25, 0.3) is 6.43 Å². The van der Waals surface area contributed by atoms with Crippen molar-refractivity contribution in [2.45, 2.75) is 42.5 Å². The summed E-state index contributed by atoms with van der Waals surface area (Å²) in [5.74, 6) is 3.71. The van der Waals surface area contributed by atoms with Crippen LogP contribution in [-0.2, 0) is 4.74 Å². The van der Waals surface area contributed by atoms with Gasteiger partial charge in [0.15, 0.2) is 0 Å². The van der Waals surface area contributed by atoms with Gasteiger partial charge >= 0.3 is 0 Å². The van der Waals surface area contributed by atoms with Crippen LogP contribution in [0.5, 0.6) is 0 Å². The smallest absolute Gasteiger partial charge is 0.285 e. The molecule has 2 aromatic heterocycles. The molecule has 0 radical (unpaired) electrons. The number of nitrogens with zero attached hydrogens (tertiary/aromatic N) is 3. The van der Waals surface area contributed by atoms with Crippen molar-refractivity contribution in [1.29, 1.82) is 10.8 Å². The zero-order valence-electron chi connectivity index (χ0n) is 17.9. The normalized spacial score (nSPS) is 20.6. The molecule has 2 aliphatic heterocycles. The van der Waals surface area contributed by atoms with Gasteiger partial charge in [0.1, 0.15) is 15.9 Å². The molecule has 3 fully saturated rings. The molecule has 0 amide bonds. The first-order valence-corrected chi connectivity index (χ1v) is 12.4. The summed E-state index contributed by atoms with van der Waals surface area (Å²) in [5.41, 5.74) is 1.08. The van der Waals surface area contributed by atoms with Crippen molar-refractivity contribution in [2.24, 2.45) is 5.41 Å². The number of ether oxygens (including phenoxy) is 1. The Balaban J connectivity index is 1.46.